The molecule has 0 aliphatic carbocycles. The van der Waals surface area contributed by atoms with Crippen LogP contribution in [0.5, 0.6) is 5.75 Å². The van der Waals surface area contributed by atoms with E-state index in [2.05, 4.69) is 26.9 Å². The highest BCUT2D eigenvalue weighted by molar-refractivity contribution is 5.77. The number of nitrogens with zero attached hydrogens (tertiary/aromatic N) is 4. The van der Waals surface area contributed by atoms with Crippen molar-refractivity contribution in [3.63, 3.8) is 0 Å². The molecule has 0 saturated carbocycles. The highest BCUT2D eigenvalue weighted by Gasteiger charge is 2.42. The maximum Gasteiger partial charge on any atom is 0.236 e. The second kappa shape index (κ2) is 7.56. The molecular weight excluding hydrogens is 354 g/mol. The zero-order valence-electron chi connectivity index (χ0n) is 16.9. The van der Waals surface area contributed by atoms with E-state index in [1.54, 1.807) is 12.0 Å². The smallest absolute Gasteiger partial charge is 0.236 e. The molecule has 1 spiro atoms. The van der Waals surface area contributed by atoms with Gasteiger partial charge < -0.3 is 19.5 Å². The van der Waals surface area contributed by atoms with Crippen molar-refractivity contribution in [3.8, 4) is 17.0 Å². The van der Waals surface area contributed by atoms with Crippen LogP contribution in [0.4, 0.5) is 0 Å². The van der Waals surface area contributed by atoms with E-state index in [0.29, 0.717) is 6.54 Å². The number of rotatable bonds is 4. The van der Waals surface area contributed by atoms with Crippen LogP contribution in [0.15, 0.2) is 30.5 Å². The number of imidazole rings is 1. The van der Waals surface area contributed by atoms with Gasteiger partial charge in [0.25, 0.3) is 0 Å². The minimum absolute atomic E-state index is 0.0966. The largest absolute Gasteiger partial charge is 0.497 e. The van der Waals surface area contributed by atoms with Gasteiger partial charge in [0.15, 0.2) is 0 Å². The van der Waals surface area contributed by atoms with Crippen molar-refractivity contribution < 1.29 is 9.53 Å². The number of methoxy groups -OCH3 is 1. The van der Waals surface area contributed by atoms with Crippen LogP contribution in [-0.2, 0) is 16.9 Å². The lowest BCUT2D eigenvalue weighted by Crippen LogP contribution is -2.56. The number of amides is 1. The topological polar surface area (TPSA) is 62.6 Å². The van der Waals surface area contributed by atoms with Gasteiger partial charge in [-0.3, -0.25) is 9.69 Å². The van der Waals surface area contributed by atoms with Gasteiger partial charge in [0.05, 0.1) is 31.1 Å². The highest BCUT2D eigenvalue weighted by atomic mass is 16.5. The molecule has 0 atom stereocenters. The third kappa shape index (κ3) is 3.40. The van der Waals surface area contributed by atoms with Crippen molar-refractivity contribution in [2.45, 2.75) is 24.9 Å². The van der Waals surface area contributed by atoms with E-state index in [4.69, 9.17) is 9.72 Å². The molecule has 2 aliphatic heterocycles. The first kappa shape index (κ1) is 19.0. The Kier molecular flexibility index (Phi) is 5.12. The third-order valence-corrected chi connectivity index (χ3v) is 6.04. The molecule has 28 heavy (non-hydrogen) atoms. The average molecular weight is 383 g/mol. The van der Waals surface area contributed by atoms with Crippen molar-refractivity contribution in [2.75, 3.05) is 47.4 Å². The van der Waals surface area contributed by atoms with Crippen molar-refractivity contribution in [1.82, 2.24) is 24.7 Å². The molecule has 2 aliphatic rings. The zero-order chi connectivity index (χ0) is 19.7. The fraction of sp³-hybridized carbons (Fsp3) is 0.524. The zero-order valence-corrected chi connectivity index (χ0v) is 16.9. The van der Waals surface area contributed by atoms with Gasteiger partial charge in [0.2, 0.25) is 5.91 Å². The minimum atomic E-state index is -0.0966. The number of likely N-dealkylation sites (N-methyl/N-ethyl adjacent to an activating group) is 1. The third-order valence-electron chi connectivity index (χ3n) is 6.04. The van der Waals surface area contributed by atoms with E-state index in [0.717, 1.165) is 61.9 Å². The molecule has 4 rings (SSSR count). The quantitative estimate of drug-likeness (QED) is 0.868. The van der Waals surface area contributed by atoms with E-state index >= 15 is 0 Å². The maximum atomic E-state index is 12.0. The number of carbonyl (C=O) groups excluding carboxylic acids is 1. The summed E-state index contributed by atoms with van der Waals surface area (Å²) >= 11 is 0. The molecule has 7 heteroatoms. The molecule has 1 fully saturated rings. The first-order valence-electron chi connectivity index (χ1n) is 9.90. The maximum absolute atomic E-state index is 12.0. The van der Waals surface area contributed by atoms with Crippen molar-refractivity contribution in [2.24, 2.45) is 0 Å². The SMILES string of the molecule is COc1ccc(-c2cnc3n2CCNC32CCN(CC(=O)N(C)C)CC2)cc1. The molecular formula is C21H29N5O2. The Hall–Kier alpha value is -2.38. The molecule has 1 aromatic carbocycles. The normalized spacial score (nSPS) is 18.7. The summed E-state index contributed by atoms with van der Waals surface area (Å²) in [4.78, 5) is 20.8. The van der Waals surface area contributed by atoms with Crippen molar-refractivity contribution >= 4 is 5.91 Å². The number of nitrogens with one attached hydrogen (secondary N) is 1. The molecule has 0 unspecified atom stereocenters. The Balaban J connectivity index is 1.54. The van der Waals surface area contributed by atoms with Gasteiger partial charge in [-0.25, -0.2) is 4.98 Å². The summed E-state index contributed by atoms with van der Waals surface area (Å²) in [5.74, 6) is 2.15. The second-order valence-electron chi connectivity index (χ2n) is 7.92. The summed E-state index contributed by atoms with van der Waals surface area (Å²) in [5, 5.41) is 3.74. The summed E-state index contributed by atoms with van der Waals surface area (Å²) in [6.45, 7) is 4.15. The summed E-state index contributed by atoms with van der Waals surface area (Å²) in [7, 11) is 5.31. The molecule has 2 aromatic rings. The molecule has 1 amide bonds. The molecule has 1 aromatic heterocycles. The fourth-order valence-electron chi connectivity index (χ4n) is 4.29. The van der Waals surface area contributed by atoms with Gasteiger partial charge in [-0.1, -0.05) is 0 Å². The first-order valence-corrected chi connectivity index (χ1v) is 9.90. The lowest BCUT2D eigenvalue weighted by molar-refractivity contribution is -0.130. The van der Waals surface area contributed by atoms with E-state index in [-0.39, 0.29) is 11.4 Å². The van der Waals surface area contributed by atoms with Crippen molar-refractivity contribution in [3.05, 3.63) is 36.3 Å². The Morgan fingerprint density at radius 2 is 1.93 bits per heavy atom. The Labute approximate surface area is 166 Å². The van der Waals surface area contributed by atoms with Gasteiger partial charge >= 0.3 is 0 Å². The molecule has 150 valence electrons. The number of piperidine rings is 1. The molecule has 1 N–H and O–H groups in total. The van der Waals surface area contributed by atoms with Gasteiger partial charge in [0.1, 0.15) is 11.6 Å². The lowest BCUT2D eigenvalue weighted by atomic mass is 9.85. The fourth-order valence-corrected chi connectivity index (χ4v) is 4.29. The Bertz CT molecular complexity index is 835. The number of likely N-dealkylation sites (tertiary alicyclic amines) is 1. The Morgan fingerprint density at radius 1 is 1.21 bits per heavy atom. The Morgan fingerprint density at radius 3 is 2.57 bits per heavy atom. The van der Waals surface area contributed by atoms with Gasteiger partial charge in [-0.05, 0) is 37.1 Å². The summed E-state index contributed by atoms with van der Waals surface area (Å²) in [5.41, 5.74) is 2.22. The second-order valence-corrected chi connectivity index (χ2v) is 7.92. The lowest BCUT2D eigenvalue weighted by Gasteiger charge is -2.44. The number of fused-ring (bicyclic) bond motifs is 2. The van der Waals surface area contributed by atoms with E-state index in [1.807, 2.05) is 32.4 Å². The molecule has 0 radical (unpaired) electrons. The van der Waals surface area contributed by atoms with Crippen LogP contribution in [0.3, 0.4) is 0 Å². The predicted octanol–water partition coefficient (Wildman–Crippen LogP) is 1.54. The van der Waals surface area contributed by atoms with Gasteiger partial charge in [-0.2, -0.15) is 0 Å². The number of carbonyl (C=O) groups is 1. The van der Waals surface area contributed by atoms with E-state index in [9.17, 15) is 4.79 Å². The average Bonchev–Trinajstić information content (AvgIpc) is 3.15. The number of aromatic nitrogens is 2. The van der Waals surface area contributed by atoms with Crippen LogP contribution >= 0.6 is 0 Å². The molecule has 7 nitrogen and oxygen atoms in total. The number of benzene rings is 1. The van der Waals surface area contributed by atoms with E-state index in [1.165, 1.54) is 0 Å². The molecule has 1 saturated heterocycles. The number of ether oxygens (including phenoxy) is 1. The molecule has 3 heterocycles. The van der Waals surface area contributed by atoms with Crippen LogP contribution < -0.4 is 10.1 Å². The monoisotopic (exact) mass is 383 g/mol. The summed E-state index contributed by atoms with van der Waals surface area (Å²) < 4.78 is 7.64. The molecule has 0 bridgehead atoms. The number of hydrogen-bond donors (Lipinski definition) is 1. The van der Waals surface area contributed by atoms with Crippen LogP contribution in [0, 0.1) is 0 Å². The summed E-state index contributed by atoms with van der Waals surface area (Å²) in [6, 6.07) is 8.17. The van der Waals surface area contributed by atoms with Crippen molar-refractivity contribution in [1.29, 1.82) is 0 Å². The van der Waals surface area contributed by atoms with Crippen LogP contribution in [-0.4, -0.2) is 72.6 Å². The van der Waals surface area contributed by atoms with Crippen LogP contribution in [0.25, 0.3) is 11.3 Å². The van der Waals surface area contributed by atoms with Crippen LogP contribution in [0.1, 0.15) is 18.7 Å². The van der Waals surface area contributed by atoms with E-state index < -0.39 is 0 Å². The first-order chi connectivity index (χ1) is 13.5. The predicted molar refractivity (Wildman–Crippen MR) is 108 cm³/mol. The number of hydrogen-bond acceptors (Lipinski definition) is 5. The standard InChI is InChI=1S/C21H29N5O2/c1-24(2)19(27)15-25-11-8-21(9-12-25)20-22-14-18(26(20)13-10-23-21)16-4-6-17(28-3)7-5-16/h4-7,14,23H,8-13,15H2,1-3H3. The summed E-state index contributed by atoms with van der Waals surface area (Å²) in [6.07, 6.45) is 3.92. The van der Waals surface area contributed by atoms with Crippen LogP contribution in [0.2, 0.25) is 0 Å². The highest BCUT2D eigenvalue weighted by Crippen LogP contribution is 2.37. The van der Waals surface area contributed by atoms with Gasteiger partial charge in [-0.15, -0.1) is 0 Å². The van der Waals surface area contributed by atoms with Gasteiger partial charge in [0, 0.05) is 45.8 Å². The minimum Gasteiger partial charge on any atom is -0.497 e.